The fraction of sp³-hybridized carbons (Fsp3) is 0.545. The molecule has 0 saturated carbocycles. The number of pyridine rings is 1. The minimum Gasteiger partial charge on any atom is -0.357 e. The van der Waals surface area contributed by atoms with E-state index in [0.717, 1.165) is 31.7 Å². The Hall–Kier alpha value is -1.09. The number of nitrogens with zero attached hydrogens (tertiary/aromatic N) is 2. The van der Waals surface area contributed by atoms with Crippen molar-refractivity contribution in [3.63, 3.8) is 0 Å². The molecule has 3 nitrogen and oxygen atoms in total. The number of aromatic nitrogens is 1. The Labute approximate surface area is 84.9 Å². The van der Waals surface area contributed by atoms with Gasteiger partial charge in [-0.25, -0.2) is 4.98 Å². The van der Waals surface area contributed by atoms with Gasteiger partial charge in [0.05, 0.1) is 0 Å². The summed E-state index contributed by atoms with van der Waals surface area (Å²) in [6.45, 7) is 4.14. The van der Waals surface area contributed by atoms with Crippen molar-refractivity contribution in [2.75, 3.05) is 18.0 Å². The van der Waals surface area contributed by atoms with Crippen LogP contribution in [0, 0.1) is 6.92 Å². The molecule has 0 atom stereocenters. The maximum absolute atomic E-state index is 5.85. The van der Waals surface area contributed by atoms with Crippen LogP contribution in [0.2, 0.25) is 0 Å². The first kappa shape index (κ1) is 9.46. The first-order valence-corrected chi connectivity index (χ1v) is 5.19. The van der Waals surface area contributed by atoms with Gasteiger partial charge in [-0.3, -0.25) is 0 Å². The van der Waals surface area contributed by atoms with Crippen LogP contribution in [0.15, 0.2) is 18.3 Å². The third-order valence-electron chi connectivity index (χ3n) is 2.76. The number of nitrogens with two attached hydrogens (primary N) is 1. The van der Waals surface area contributed by atoms with Crippen molar-refractivity contribution >= 4 is 5.82 Å². The molecule has 1 aliphatic rings. The smallest absolute Gasteiger partial charge is 0.128 e. The standard InChI is InChI=1S/C11H17N3/c1-9-2-3-11(13-8-9)14-6-4-10(12)5-7-14/h2-3,8,10H,4-7,12H2,1H3. The van der Waals surface area contributed by atoms with Crippen LogP contribution >= 0.6 is 0 Å². The van der Waals surface area contributed by atoms with Crippen LogP contribution in [-0.4, -0.2) is 24.1 Å². The summed E-state index contributed by atoms with van der Waals surface area (Å²) in [7, 11) is 0. The molecule has 1 saturated heterocycles. The van der Waals surface area contributed by atoms with Gasteiger partial charge in [0, 0.05) is 25.3 Å². The summed E-state index contributed by atoms with van der Waals surface area (Å²) >= 11 is 0. The molecule has 76 valence electrons. The summed E-state index contributed by atoms with van der Waals surface area (Å²) < 4.78 is 0. The van der Waals surface area contributed by atoms with E-state index < -0.39 is 0 Å². The Morgan fingerprint density at radius 3 is 2.64 bits per heavy atom. The molecule has 3 heteroatoms. The summed E-state index contributed by atoms with van der Waals surface area (Å²) in [5.74, 6) is 1.09. The number of piperidine rings is 1. The molecule has 2 rings (SSSR count). The Kier molecular flexibility index (Phi) is 2.68. The molecule has 2 heterocycles. The van der Waals surface area contributed by atoms with Crippen LogP contribution in [0.5, 0.6) is 0 Å². The third kappa shape index (κ3) is 2.04. The van der Waals surface area contributed by atoms with Gasteiger partial charge >= 0.3 is 0 Å². The fourth-order valence-corrected chi connectivity index (χ4v) is 1.78. The van der Waals surface area contributed by atoms with Crippen LogP contribution in [0.4, 0.5) is 5.82 Å². The van der Waals surface area contributed by atoms with E-state index in [1.165, 1.54) is 5.56 Å². The lowest BCUT2D eigenvalue weighted by molar-refractivity contribution is 0.498. The highest BCUT2D eigenvalue weighted by atomic mass is 15.2. The fourth-order valence-electron chi connectivity index (χ4n) is 1.78. The molecular weight excluding hydrogens is 174 g/mol. The van der Waals surface area contributed by atoms with Gasteiger partial charge in [0.15, 0.2) is 0 Å². The van der Waals surface area contributed by atoms with E-state index in [4.69, 9.17) is 5.73 Å². The van der Waals surface area contributed by atoms with Gasteiger partial charge in [-0.1, -0.05) is 6.07 Å². The van der Waals surface area contributed by atoms with Crippen LogP contribution in [0.3, 0.4) is 0 Å². The molecule has 2 N–H and O–H groups in total. The number of hydrogen-bond donors (Lipinski definition) is 1. The summed E-state index contributed by atoms with van der Waals surface area (Å²) in [6.07, 6.45) is 4.08. The first-order chi connectivity index (χ1) is 6.75. The molecule has 1 aromatic rings. The van der Waals surface area contributed by atoms with E-state index in [1.807, 2.05) is 6.20 Å². The molecule has 0 aromatic carbocycles. The highest BCUT2D eigenvalue weighted by Crippen LogP contribution is 2.16. The molecule has 1 fully saturated rings. The summed E-state index contributed by atoms with van der Waals surface area (Å²) in [4.78, 5) is 6.72. The zero-order valence-corrected chi connectivity index (χ0v) is 8.61. The Balaban J connectivity index is 2.05. The van der Waals surface area contributed by atoms with Crippen LogP contribution in [-0.2, 0) is 0 Å². The maximum Gasteiger partial charge on any atom is 0.128 e. The van der Waals surface area contributed by atoms with Gasteiger partial charge < -0.3 is 10.6 Å². The van der Waals surface area contributed by atoms with Crippen molar-refractivity contribution in [2.45, 2.75) is 25.8 Å². The highest BCUT2D eigenvalue weighted by Gasteiger charge is 2.16. The first-order valence-electron chi connectivity index (χ1n) is 5.19. The van der Waals surface area contributed by atoms with Gasteiger partial charge in [0.1, 0.15) is 5.82 Å². The average molecular weight is 191 g/mol. The Bertz CT molecular complexity index is 286. The zero-order chi connectivity index (χ0) is 9.97. The lowest BCUT2D eigenvalue weighted by atomic mass is 10.1. The van der Waals surface area contributed by atoms with Crippen molar-refractivity contribution in [3.8, 4) is 0 Å². The third-order valence-corrected chi connectivity index (χ3v) is 2.76. The summed E-state index contributed by atoms with van der Waals surface area (Å²) in [6, 6.07) is 4.58. The molecule has 1 aromatic heterocycles. The lowest BCUT2D eigenvalue weighted by Gasteiger charge is -2.31. The number of aryl methyl sites for hydroxylation is 1. The minimum atomic E-state index is 0.386. The van der Waals surface area contributed by atoms with E-state index in [1.54, 1.807) is 0 Å². The molecule has 0 amide bonds. The normalized spacial score (nSPS) is 18.6. The van der Waals surface area contributed by atoms with Crippen molar-refractivity contribution in [1.29, 1.82) is 0 Å². The van der Waals surface area contributed by atoms with Crippen molar-refractivity contribution < 1.29 is 0 Å². The Morgan fingerprint density at radius 2 is 2.07 bits per heavy atom. The number of hydrogen-bond acceptors (Lipinski definition) is 3. The second-order valence-electron chi connectivity index (χ2n) is 4.02. The number of anilines is 1. The molecule has 14 heavy (non-hydrogen) atoms. The van der Waals surface area contributed by atoms with Gasteiger partial charge in [-0.05, 0) is 31.4 Å². The van der Waals surface area contributed by atoms with Crippen molar-refractivity contribution in [2.24, 2.45) is 5.73 Å². The molecule has 0 spiro atoms. The van der Waals surface area contributed by atoms with E-state index >= 15 is 0 Å². The van der Waals surface area contributed by atoms with Gasteiger partial charge in [-0.2, -0.15) is 0 Å². The highest BCUT2D eigenvalue weighted by molar-refractivity contribution is 5.39. The van der Waals surface area contributed by atoms with Crippen molar-refractivity contribution in [3.05, 3.63) is 23.9 Å². The molecule has 1 aliphatic heterocycles. The van der Waals surface area contributed by atoms with E-state index in [-0.39, 0.29) is 0 Å². The molecule has 0 aliphatic carbocycles. The van der Waals surface area contributed by atoms with Crippen molar-refractivity contribution in [1.82, 2.24) is 4.98 Å². The van der Waals surface area contributed by atoms with Gasteiger partial charge in [0.2, 0.25) is 0 Å². The predicted octanol–water partition coefficient (Wildman–Crippen LogP) is 1.32. The van der Waals surface area contributed by atoms with Crippen LogP contribution < -0.4 is 10.6 Å². The second kappa shape index (κ2) is 3.96. The quantitative estimate of drug-likeness (QED) is 0.728. The Morgan fingerprint density at radius 1 is 1.36 bits per heavy atom. The molecule has 0 unspecified atom stereocenters. The van der Waals surface area contributed by atoms with Crippen LogP contribution in [0.25, 0.3) is 0 Å². The lowest BCUT2D eigenvalue weighted by Crippen LogP contribution is -2.40. The molecular formula is C11H17N3. The van der Waals surface area contributed by atoms with Crippen LogP contribution in [0.1, 0.15) is 18.4 Å². The minimum absolute atomic E-state index is 0.386. The molecule has 0 bridgehead atoms. The second-order valence-corrected chi connectivity index (χ2v) is 4.02. The zero-order valence-electron chi connectivity index (χ0n) is 8.61. The number of rotatable bonds is 1. The summed E-state index contributed by atoms with van der Waals surface area (Å²) in [5.41, 5.74) is 7.06. The van der Waals surface area contributed by atoms with E-state index in [2.05, 4.69) is 28.9 Å². The summed E-state index contributed by atoms with van der Waals surface area (Å²) in [5, 5.41) is 0. The monoisotopic (exact) mass is 191 g/mol. The molecule has 0 radical (unpaired) electrons. The maximum atomic E-state index is 5.85. The topological polar surface area (TPSA) is 42.1 Å². The van der Waals surface area contributed by atoms with Gasteiger partial charge in [-0.15, -0.1) is 0 Å². The SMILES string of the molecule is Cc1ccc(N2CCC(N)CC2)nc1. The largest absolute Gasteiger partial charge is 0.357 e. The van der Waals surface area contributed by atoms with Gasteiger partial charge in [0.25, 0.3) is 0 Å². The average Bonchev–Trinajstić information content (AvgIpc) is 2.21. The predicted molar refractivity (Wildman–Crippen MR) is 58.4 cm³/mol. The van der Waals surface area contributed by atoms with E-state index in [9.17, 15) is 0 Å². The van der Waals surface area contributed by atoms with E-state index in [0.29, 0.717) is 6.04 Å².